The second-order valence-corrected chi connectivity index (χ2v) is 11.5. The van der Waals surface area contributed by atoms with E-state index in [-0.39, 0.29) is 30.3 Å². The first kappa shape index (κ1) is 32.4. The van der Waals surface area contributed by atoms with Crippen LogP contribution in [0.5, 0.6) is 5.75 Å². The lowest BCUT2D eigenvalue weighted by atomic mass is 10.0. The highest BCUT2D eigenvalue weighted by Gasteiger charge is 2.31. The van der Waals surface area contributed by atoms with Gasteiger partial charge in [-0.3, -0.25) is 14.4 Å². The molecule has 0 unspecified atom stereocenters. The lowest BCUT2D eigenvalue weighted by Crippen LogP contribution is -2.60. The predicted octanol–water partition coefficient (Wildman–Crippen LogP) is 2.61. The monoisotopic (exact) mass is 585 g/mol. The molecule has 224 valence electrons. The summed E-state index contributed by atoms with van der Waals surface area (Å²) in [7, 11) is 0. The molecule has 10 heteroatoms. The summed E-state index contributed by atoms with van der Waals surface area (Å²) in [5, 5.41) is 15.9. The number of halogens is 1. The normalized spacial score (nSPS) is 21.6. The molecule has 1 heterocycles. The fraction of sp³-hybridized carbons (Fsp3) is 0.516. The van der Waals surface area contributed by atoms with Crippen LogP contribution in [-0.2, 0) is 27.2 Å². The molecule has 0 aliphatic carbocycles. The minimum Gasteiger partial charge on any atom is -0.492 e. The van der Waals surface area contributed by atoms with Crippen molar-refractivity contribution >= 4 is 29.3 Å². The molecule has 0 spiro atoms. The maximum Gasteiger partial charge on any atom is 0.243 e. The fourth-order valence-electron chi connectivity index (χ4n) is 4.59. The number of hydrogen-bond acceptors (Lipinski definition) is 6. The van der Waals surface area contributed by atoms with Crippen LogP contribution in [0.15, 0.2) is 48.5 Å². The van der Waals surface area contributed by atoms with Crippen molar-refractivity contribution in [3.63, 3.8) is 0 Å². The van der Waals surface area contributed by atoms with Crippen molar-refractivity contribution in [2.45, 2.75) is 71.1 Å². The quantitative estimate of drug-likeness (QED) is 0.355. The number of benzene rings is 2. The molecule has 3 amide bonds. The van der Waals surface area contributed by atoms with Crippen molar-refractivity contribution in [1.29, 1.82) is 0 Å². The molecule has 9 nitrogen and oxygen atoms in total. The highest BCUT2D eigenvalue weighted by Crippen LogP contribution is 2.19. The minimum absolute atomic E-state index is 0.129. The Bertz CT molecular complexity index is 1140. The maximum absolute atomic E-state index is 13.6. The van der Waals surface area contributed by atoms with Crippen molar-refractivity contribution < 1.29 is 19.1 Å². The van der Waals surface area contributed by atoms with Crippen LogP contribution in [-0.4, -0.2) is 68.1 Å². The van der Waals surface area contributed by atoms with E-state index in [1.165, 1.54) is 0 Å². The molecule has 1 aliphatic heterocycles. The Kier molecular flexibility index (Phi) is 12.9. The first-order valence-electron chi connectivity index (χ1n) is 14.4. The highest BCUT2D eigenvalue weighted by atomic mass is 35.5. The molecule has 1 aliphatic rings. The van der Waals surface area contributed by atoms with Crippen molar-refractivity contribution in [3.8, 4) is 5.75 Å². The number of fused-ring (bicyclic) bond motifs is 1. The molecule has 3 atom stereocenters. The average molecular weight is 586 g/mol. The molecule has 2 aromatic rings. The number of carbonyl (C=O) groups excluding carboxylic acids is 3. The zero-order chi connectivity index (χ0) is 29.8. The van der Waals surface area contributed by atoms with Gasteiger partial charge in [0.05, 0.1) is 6.04 Å². The Morgan fingerprint density at radius 3 is 2.34 bits per heavy atom. The molecular formula is C31H44ClN5O4. The van der Waals surface area contributed by atoms with Crippen molar-refractivity contribution in [3.05, 3.63) is 64.7 Å². The van der Waals surface area contributed by atoms with Gasteiger partial charge in [0.15, 0.2) is 0 Å². The number of para-hydroxylation sites is 1. The maximum atomic E-state index is 13.6. The van der Waals surface area contributed by atoms with Gasteiger partial charge in [-0.05, 0) is 54.5 Å². The molecule has 3 rings (SSSR count). The Morgan fingerprint density at radius 1 is 0.902 bits per heavy atom. The summed E-state index contributed by atoms with van der Waals surface area (Å²) in [4.78, 5) is 40.2. The van der Waals surface area contributed by atoms with E-state index in [0.717, 1.165) is 29.7 Å². The predicted molar refractivity (Wildman–Crippen MR) is 162 cm³/mol. The summed E-state index contributed by atoms with van der Waals surface area (Å²) in [6.45, 7) is 9.20. The molecule has 0 fully saturated rings. The van der Waals surface area contributed by atoms with Gasteiger partial charge in [-0.25, -0.2) is 0 Å². The van der Waals surface area contributed by atoms with Crippen LogP contribution in [0.25, 0.3) is 0 Å². The standard InChI is InChI=1S/C31H44ClN5O4/c1-20(2)28-31(40)36-26(19-35-21(3)4)29(38)34-15-7-9-23-8-5-6-10-27(23)41-17-16-33-25(30(39)37-28)18-22-11-13-24(32)14-12-22/h5-6,8,10-14,20-21,25-26,28,33,35H,7,9,15-19H2,1-4H3,(H,34,38)(H,36,40)(H,37,39)/t25-,26+,28-/m1/s1. The summed E-state index contributed by atoms with van der Waals surface area (Å²) in [5.74, 6) is -0.401. The topological polar surface area (TPSA) is 121 Å². The van der Waals surface area contributed by atoms with E-state index < -0.39 is 24.0 Å². The van der Waals surface area contributed by atoms with Gasteiger partial charge in [0.2, 0.25) is 17.7 Å². The van der Waals surface area contributed by atoms with Gasteiger partial charge in [0, 0.05) is 30.7 Å². The molecule has 0 radical (unpaired) electrons. The third-order valence-corrected chi connectivity index (χ3v) is 7.18. The van der Waals surface area contributed by atoms with E-state index in [0.29, 0.717) is 31.1 Å². The molecule has 0 bridgehead atoms. The smallest absolute Gasteiger partial charge is 0.243 e. The second-order valence-electron chi connectivity index (χ2n) is 11.0. The molecular weight excluding hydrogens is 542 g/mol. The minimum atomic E-state index is -0.826. The van der Waals surface area contributed by atoms with Crippen LogP contribution in [0.3, 0.4) is 0 Å². The fourth-order valence-corrected chi connectivity index (χ4v) is 4.71. The zero-order valence-corrected chi connectivity index (χ0v) is 25.2. The van der Waals surface area contributed by atoms with E-state index >= 15 is 0 Å². The third kappa shape index (κ3) is 10.6. The Morgan fingerprint density at radius 2 is 1.63 bits per heavy atom. The van der Waals surface area contributed by atoms with Gasteiger partial charge in [-0.1, -0.05) is 69.6 Å². The van der Waals surface area contributed by atoms with Gasteiger partial charge < -0.3 is 31.3 Å². The van der Waals surface area contributed by atoms with E-state index in [2.05, 4.69) is 26.6 Å². The highest BCUT2D eigenvalue weighted by molar-refractivity contribution is 6.30. The molecule has 0 saturated heterocycles. The average Bonchev–Trinajstić information content (AvgIpc) is 2.94. The van der Waals surface area contributed by atoms with E-state index in [1.807, 2.05) is 64.1 Å². The third-order valence-electron chi connectivity index (χ3n) is 6.92. The van der Waals surface area contributed by atoms with Crippen LogP contribution in [0.4, 0.5) is 0 Å². The summed E-state index contributed by atoms with van der Waals surface area (Å²) in [6.07, 6.45) is 1.84. The van der Waals surface area contributed by atoms with Crippen LogP contribution >= 0.6 is 11.6 Å². The number of carbonyl (C=O) groups is 3. The molecule has 41 heavy (non-hydrogen) atoms. The Balaban J connectivity index is 1.86. The summed E-state index contributed by atoms with van der Waals surface area (Å²) in [5.41, 5.74) is 1.97. The lowest BCUT2D eigenvalue weighted by molar-refractivity contribution is -0.133. The SMILES string of the molecule is CC(C)NC[C@@H]1NC(=O)[C@@H](C(C)C)NC(=O)[C@@H](Cc2ccc(Cl)cc2)NCCOc2ccccc2CCCNC1=O. The Labute approximate surface area is 248 Å². The van der Waals surface area contributed by atoms with Crippen LogP contribution in [0, 0.1) is 5.92 Å². The van der Waals surface area contributed by atoms with Gasteiger partial charge in [-0.15, -0.1) is 0 Å². The van der Waals surface area contributed by atoms with E-state index in [9.17, 15) is 14.4 Å². The lowest BCUT2D eigenvalue weighted by Gasteiger charge is -2.28. The first-order valence-corrected chi connectivity index (χ1v) is 14.8. The summed E-state index contributed by atoms with van der Waals surface area (Å²) >= 11 is 6.06. The zero-order valence-electron chi connectivity index (χ0n) is 24.5. The van der Waals surface area contributed by atoms with Gasteiger partial charge in [0.1, 0.15) is 24.4 Å². The Hall–Kier alpha value is -3.14. The van der Waals surface area contributed by atoms with Gasteiger partial charge >= 0.3 is 0 Å². The van der Waals surface area contributed by atoms with E-state index in [4.69, 9.17) is 16.3 Å². The van der Waals surface area contributed by atoms with Crippen LogP contribution < -0.4 is 31.3 Å². The molecule has 5 N–H and O–H groups in total. The molecule has 0 aromatic heterocycles. The van der Waals surface area contributed by atoms with Crippen molar-refractivity contribution in [2.75, 3.05) is 26.2 Å². The summed E-state index contributed by atoms with van der Waals surface area (Å²) in [6, 6.07) is 13.1. The van der Waals surface area contributed by atoms with Gasteiger partial charge in [-0.2, -0.15) is 0 Å². The summed E-state index contributed by atoms with van der Waals surface area (Å²) < 4.78 is 6.08. The number of hydrogen-bond donors (Lipinski definition) is 5. The molecule has 2 aromatic carbocycles. The number of rotatable bonds is 6. The van der Waals surface area contributed by atoms with Crippen molar-refractivity contribution in [2.24, 2.45) is 5.92 Å². The van der Waals surface area contributed by atoms with Crippen LogP contribution in [0.1, 0.15) is 45.2 Å². The number of ether oxygens (including phenoxy) is 1. The number of amides is 3. The number of nitrogens with one attached hydrogen (secondary N) is 5. The first-order chi connectivity index (χ1) is 19.6. The van der Waals surface area contributed by atoms with Gasteiger partial charge in [0.25, 0.3) is 0 Å². The second kappa shape index (κ2) is 16.3. The van der Waals surface area contributed by atoms with Crippen LogP contribution in [0.2, 0.25) is 5.02 Å². The largest absolute Gasteiger partial charge is 0.492 e. The molecule has 0 saturated carbocycles. The number of aryl methyl sites for hydroxylation is 1. The van der Waals surface area contributed by atoms with E-state index in [1.54, 1.807) is 12.1 Å². The van der Waals surface area contributed by atoms with Crippen molar-refractivity contribution in [1.82, 2.24) is 26.6 Å².